The molecule has 0 heterocycles. The van der Waals surface area contributed by atoms with Gasteiger partial charge in [-0.2, -0.15) is 11.8 Å². The Labute approximate surface area is 138 Å². The van der Waals surface area contributed by atoms with Crippen molar-refractivity contribution in [3.63, 3.8) is 0 Å². The first-order valence-electron chi connectivity index (χ1n) is 6.88. The fourth-order valence-electron chi connectivity index (χ4n) is 2.65. The van der Waals surface area contributed by atoms with E-state index in [4.69, 9.17) is 0 Å². The second kappa shape index (κ2) is 6.98. The van der Waals surface area contributed by atoms with E-state index in [1.54, 1.807) is 11.8 Å². The molecule has 0 atom stereocenters. The van der Waals surface area contributed by atoms with Crippen LogP contribution in [0.25, 0.3) is 0 Å². The summed E-state index contributed by atoms with van der Waals surface area (Å²) in [5, 5.41) is 0. The van der Waals surface area contributed by atoms with Crippen LogP contribution in [0.4, 0.5) is 4.39 Å². The summed E-state index contributed by atoms with van der Waals surface area (Å²) in [6.07, 6.45) is 7.46. The second-order valence-corrected chi connectivity index (χ2v) is 9.27. The number of hydrogen-bond acceptors (Lipinski definition) is 3. The first-order valence-corrected chi connectivity index (χ1v) is 10.4. The quantitative estimate of drug-likeness (QED) is 0.820. The molecule has 1 aliphatic rings. The molecule has 118 valence electrons. The molecule has 1 saturated carbocycles. The Balaban J connectivity index is 2.13. The summed E-state index contributed by atoms with van der Waals surface area (Å²) in [6.45, 7) is 0.353. The Hall–Kier alpha value is -0.110. The minimum atomic E-state index is -3.81. The van der Waals surface area contributed by atoms with Gasteiger partial charge in [-0.15, -0.1) is 0 Å². The van der Waals surface area contributed by atoms with E-state index in [0.717, 1.165) is 25.7 Å². The van der Waals surface area contributed by atoms with Gasteiger partial charge in [0.05, 0.1) is 0 Å². The predicted molar refractivity (Wildman–Crippen MR) is 88.6 cm³/mol. The van der Waals surface area contributed by atoms with Crippen molar-refractivity contribution in [1.29, 1.82) is 0 Å². The third kappa shape index (κ3) is 4.21. The van der Waals surface area contributed by atoms with Gasteiger partial charge in [0.2, 0.25) is 10.0 Å². The van der Waals surface area contributed by atoms with Gasteiger partial charge < -0.3 is 0 Å². The van der Waals surface area contributed by atoms with Crippen molar-refractivity contribution in [1.82, 2.24) is 4.72 Å². The van der Waals surface area contributed by atoms with Crippen molar-refractivity contribution in [2.75, 3.05) is 12.8 Å². The zero-order chi connectivity index (χ0) is 15.5. The molecule has 0 aromatic heterocycles. The average molecular weight is 396 g/mol. The topological polar surface area (TPSA) is 46.2 Å². The summed E-state index contributed by atoms with van der Waals surface area (Å²) in [6, 6.07) is 3.98. The van der Waals surface area contributed by atoms with E-state index in [1.165, 1.54) is 24.6 Å². The number of hydrogen-bond donors (Lipinski definition) is 1. The lowest BCUT2D eigenvalue weighted by atomic mass is 9.88. The third-order valence-electron chi connectivity index (χ3n) is 3.97. The van der Waals surface area contributed by atoms with Crippen LogP contribution in [0.3, 0.4) is 0 Å². The molecule has 3 nitrogen and oxygen atoms in total. The molecule has 2 rings (SSSR count). The van der Waals surface area contributed by atoms with Crippen LogP contribution in [0.5, 0.6) is 0 Å². The molecule has 1 aromatic rings. The van der Waals surface area contributed by atoms with E-state index in [9.17, 15) is 12.8 Å². The number of rotatable bonds is 5. The monoisotopic (exact) mass is 395 g/mol. The highest BCUT2D eigenvalue weighted by Gasteiger charge is 2.33. The second-order valence-electron chi connectivity index (χ2n) is 5.35. The van der Waals surface area contributed by atoms with E-state index < -0.39 is 15.8 Å². The standard InChI is InChI=1S/C14H19BrFNO2S2/c1-20-14(7-3-2-4-8-14)10-17-21(18,19)13-6-5-11(15)9-12(13)16/h5-6,9,17H,2-4,7-8,10H2,1H3. The number of nitrogens with one attached hydrogen (secondary N) is 1. The lowest BCUT2D eigenvalue weighted by Gasteiger charge is -2.35. The van der Waals surface area contributed by atoms with Gasteiger partial charge in [0.1, 0.15) is 10.7 Å². The molecule has 0 bridgehead atoms. The minimum absolute atomic E-state index is 0.0584. The summed E-state index contributed by atoms with van der Waals surface area (Å²) in [5.74, 6) is -0.737. The Morgan fingerprint density at radius 3 is 2.57 bits per heavy atom. The summed E-state index contributed by atoms with van der Waals surface area (Å²) in [5.41, 5.74) is 0. The van der Waals surface area contributed by atoms with E-state index in [0.29, 0.717) is 11.0 Å². The Morgan fingerprint density at radius 1 is 1.33 bits per heavy atom. The first-order chi connectivity index (χ1) is 9.88. The van der Waals surface area contributed by atoms with Crippen LogP contribution in [0.2, 0.25) is 0 Å². The lowest BCUT2D eigenvalue weighted by Crippen LogP contribution is -2.41. The minimum Gasteiger partial charge on any atom is -0.210 e. The number of thioether (sulfide) groups is 1. The number of sulfonamides is 1. The molecule has 0 amide bonds. The molecule has 7 heteroatoms. The van der Waals surface area contributed by atoms with Crippen LogP contribution < -0.4 is 4.72 Å². The van der Waals surface area contributed by atoms with Gasteiger partial charge >= 0.3 is 0 Å². The maximum absolute atomic E-state index is 13.8. The molecule has 1 N–H and O–H groups in total. The lowest BCUT2D eigenvalue weighted by molar-refractivity contribution is 0.394. The molecular formula is C14H19BrFNO2S2. The highest BCUT2D eigenvalue weighted by atomic mass is 79.9. The van der Waals surface area contributed by atoms with Crippen molar-refractivity contribution in [2.45, 2.75) is 41.7 Å². The number of benzene rings is 1. The normalized spacial score (nSPS) is 18.6. The predicted octanol–water partition coefficient (Wildman–Crippen LogP) is 3.93. The molecule has 0 aliphatic heterocycles. The summed E-state index contributed by atoms with van der Waals surface area (Å²) in [7, 11) is -3.81. The zero-order valence-electron chi connectivity index (χ0n) is 11.9. The molecule has 1 aliphatic carbocycles. The molecule has 21 heavy (non-hydrogen) atoms. The highest BCUT2D eigenvalue weighted by molar-refractivity contribution is 9.10. The Morgan fingerprint density at radius 2 is 2.00 bits per heavy atom. The van der Waals surface area contributed by atoms with Gasteiger partial charge in [0, 0.05) is 15.8 Å². The van der Waals surface area contributed by atoms with Crippen LogP contribution in [0.15, 0.2) is 27.6 Å². The summed E-state index contributed by atoms with van der Waals surface area (Å²) < 4.78 is 41.5. The van der Waals surface area contributed by atoms with E-state index in [-0.39, 0.29) is 9.64 Å². The third-order valence-corrected chi connectivity index (χ3v) is 7.31. The molecule has 0 radical (unpaired) electrons. The molecule has 1 aromatic carbocycles. The molecule has 0 unspecified atom stereocenters. The van der Waals surface area contributed by atoms with E-state index >= 15 is 0 Å². The fraction of sp³-hybridized carbons (Fsp3) is 0.571. The number of halogens is 2. The van der Waals surface area contributed by atoms with Gasteiger partial charge in [-0.3, -0.25) is 0 Å². The highest BCUT2D eigenvalue weighted by Crippen LogP contribution is 2.38. The van der Waals surface area contributed by atoms with E-state index in [1.807, 2.05) is 6.26 Å². The van der Waals surface area contributed by atoms with Crippen LogP contribution >= 0.6 is 27.7 Å². The molecule has 1 fully saturated rings. The maximum Gasteiger partial charge on any atom is 0.243 e. The van der Waals surface area contributed by atoms with Crippen molar-refractivity contribution < 1.29 is 12.8 Å². The van der Waals surface area contributed by atoms with E-state index in [2.05, 4.69) is 20.7 Å². The van der Waals surface area contributed by atoms with Gasteiger partial charge in [-0.05, 0) is 37.3 Å². The smallest absolute Gasteiger partial charge is 0.210 e. The van der Waals surface area contributed by atoms with Crippen molar-refractivity contribution in [3.8, 4) is 0 Å². The van der Waals surface area contributed by atoms with Crippen molar-refractivity contribution in [3.05, 3.63) is 28.5 Å². The van der Waals surface area contributed by atoms with Crippen molar-refractivity contribution in [2.24, 2.45) is 0 Å². The summed E-state index contributed by atoms with van der Waals surface area (Å²) >= 11 is 4.83. The maximum atomic E-state index is 13.8. The SMILES string of the molecule is CSC1(CNS(=O)(=O)c2ccc(Br)cc2F)CCCCC1. The van der Waals surface area contributed by atoms with Gasteiger partial charge in [-0.1, -0.05) is 35.2 Å². The summed E-state index contributed by atoms with van der Waals surface area (Å²) in [4.78, 5) is -0.294. The van der Waals surface area contributed by atoms with Crippen LogP contribution in [-0.4, -0.2) is 26.0 Å². The largest absolute Gasteiger partial charge is 0.243 e. The molecular weight excluding hydrogens is 377 g/mol. The average Bonchev–Trinajstić information content (AvgIpc) is 2.46. The Bertz CT molecular complexity index is 601. The van der Waals surface area contributed by atoms with Crippen LogP contribution in [0.1, 0.15) is 32.1 Å². The zero-order valence-corrected chi connectivity index (χ0v) is 15.1. The molecule has 0 spiro atoms. The first kappa shape index (κ1) is 17.2. The van der Waals surface area contributed by atoms with Crippen molar-refractivity contribution >= 4 is 37.7 Å². The van der Waals surface area contributed by atoms with Gasteiger partial charge in [0.25, 0.3) is 0 Å². The fourth-order valence-corrected chi connectivity index (χ4v) is 5.17. The van der Waals surface area contributed by atoms with Gasteiger partial charge in [0.15, 0.2) is 0 Å². The Kier molecular flexibility index (Phi) is 5.73. The van der Waals surface area contributed by atoms with Gasteiger partial charge in [-0.25, -0.2) is 17.5 Å². The van der Waals surface area contributed by atoms with Crippen LogP contribution in [0, 0.1) is 5.82 Å². The molecule has 0 saturated heterocycles. The van der Waals surface area contributed by atoms with Crippen LogP contribution in [-0.2, 0) is 10.0 Å².